The number of halogens is 3. The average molecular weight is 549 g/mol. The molecule has 2 aromatic carbocycles. The van der Waals surface area contributed by atoms with Gasteiger partial charge in [-0.05, 0) is 49.7 Å². The summed E-state index contributed by atoms with van der Waals surface area (Å²) in [5, 5.41) is 2.40. The van der Waals surface area contributed by atoms with E-state index in [1.165, 1.54) is 11.0 Å². The Balaban J connectivity index is 2.39. The third-order valence-electron chi connectivity index (χ3n) is 4.65. The second-order valence-electron chi connectivity index (χ2n) is 7.09. The smallest absolute Gasteiger partial charge is 0.244 e. The van der Waals surface area contributed by atoms with Gasteiger partial charge in [-0.15, -0.1) is 0 Å². The van der Waals surface area contributed by atoms with Crippen LogP contribution in [0.4, 0.5) is 10.1 Å². The van der Waals surface area contributed by atoms with E-state index in [2.05, 4.69) is 21.2 Å². The number of hydrogen-bond acceptors (Lipinski definition) is 4. The highest BCUT2D eigenvalue weighted by molar-refractivity contribution is 9.10. The summed E-state index contributed by atoms with van der Waals surface area (Å²) < 4.78 is 40.1. The SMILES string of the molecule is CCNC(=O)[C@H](C)N(Cc1ccc(Br)cc1)C(=O)CN(c1ccc(F)c(Cl)c1)S(C)(=O)=O. The fourth-order valence-electron chi connectivity index (χ4n) is 2.94. The van der Waals surface area contributed by atoms with E-state index in [4.69, 9.17) is 11.6 Å². The molecule has 0 saturated heterocycles. The first-order valence-corrected chi connectivity index (χ1v) is 12.7. The summed E-state index contributed by atoms with van der Waals surface area (Å²) in [7, 11) is -3.91. The lowest BCUT2D eigenvalue weighted by molar-refractivity contribution is -0.139. The number of likely N-dealkylation sites (N-methyl/N-ethyl adjacent to an activating group) is 1. The number of amides is 2. The first-order chi connectivity index (χ1) is 14.9. The summed E-state index contributed by atoms with van der Waals surface area (Å²) in [6, 6.07) is 9.72. The number of anilines is 1. The van der Waals surface area contributed by atoms with E-state index in [0.717, 1.165) is 32.7 Å². The van der Waals surface area contributed by atoms with Crippen LogP contribution in [0.1, 0.15) is 19.4 Å². The zero-order valence-electron chi connectivity index (χ0n) is 17.8. The van der Waals surface area contributed by atoms with Crippen molar-refractivity contribution in [1.29, 1.82) is 0 Å². The Bertz CT molecular complexity index is 1080. The van der Waals surface area contributed by atoms with Crippen LogP contribution >= 0.6 is 27.5 Å². The van der Waals surface area contributed by atoms with Gasteiger partial charge in [0.1, 0.15) is 18.4 Å². The van der Waals surface area contributed by atoms with Crippen molar-refractivity contribution in [3.05, 3.63) is 63.3 Å². The number of nitrogens with zero attached hydrogens (tertiary/aromatic N) is 2. The minimum absolute atomic E-state index is 0.0431. The van der Waals surface area contributed by atoms with Crippen LogP contribution in [-0.4, -0.2) is 50.5 Å². The Labute approximate surface area is 200 Å². The molecule has 0 saturated carbocycles. The van der Waals surface area contributed by atoms with Crippen molar-refractivity contribution in [2.24, 2.45) is 0 Å². The molecule has 2 aromatic rings. The molecule has 0 fully saturated rings. The van der Waals surface area contributed by atoms with Crippen molar-refractivity contribution in [3.8, 4) is 0 Å². The summed E-state index contributed by atoms with van der Waals surface area (Å²) in [5.74, 6) is -1.68. The maximum atomic E-state index is 13.6. The normalized spacial score (nSPS) is 12.2. The van der Waals surface area contributed by atoms with Gasteiger partial charge in [-0.25, -0.2) is 12.8 Å². The van der Waals surface area contributed by atoms with Gasteiger partial charge in [-0.3, -0.25) is 13.9 Å². The van der Waals surface area contributed by atoms with Crippen LogP contribution < -0.4 is 9.62 Å². The van der Waals surface area contributed by atoms with E-state index in [1.807, 2.05) is 0 Å². The number of carbonyl (C=O) groups excluding carboxylic acids is 2. The molecule has 2 rings (SSSR count). The molecule has 0 aliphatic rings. The van der Waals surface area contributed by atoms with E-state index in [1.54, 1.807) is 38.1 Å². The summed E-state index contributed by atoms with van der Waals surface area (Å²) in [6.07, 6.45) is 0.934. The van der Waals surface area contributed by atoms with Gasteiger partial charge in [0, 0.05) is 17.6 Å². The third-order valence-corrected chi connectivity index (χ3v) is 6.61. The molecule has 32 heavy (non-hydrogen) atoms. The zero-order valence-corrected chi connectivity index (χ0v) is 21.0. The highest BCUT2D eigenvalue weighted by atomic mass is 79.9. The summed E-state index contributed by atoms with van der Waals surface area (Å²) in [5.41, 5.74) is 0.801. The van der Waals surface area contributed by atoms with Gasteiger partial charge in [0.2, 0.25) is 21.8 Å². The first kappa shape index (κ1) is 26.1. The van der Waals surface area contributed by atoms with E-state index in [-0.39, 0.29) is 23.2 Å². The number of sulfonamides is 1. The minimum atomic E-state index is -3.91. The monoisotopic (exact) mass is 547 g/mol. The van der Waals surface area contributed by atoms with Crippen LogP contribution in [0.3, 0.4) is 0 Å². The molecule has 11 heteroatoms. The molecule has 0 aliphatic heterocycles. The molecule has 1 atom stereocenters. The molecule has 0 radical (unpaired) electrons. The Hall–Kier alpha value is -2.17. The van der Waals surface area contributed by atoms with E-state index in [9.17, 15) is 22.4 Å². The van der Waals surface area contributed by atoms with Gasteiger partial charge in [-0.2, -0.15) is 0 Å². The molecular formula is C21H24BrClFN3O4S. The predicted octanol–water partition coefficient (Wildman–Crippen LogP) is 3.56. The molecule has 0 aromatic heterocycles. The number of benzene rings is 2. The lowest BCUT2D eigenvalue weighted by atomic mass is 10.1. The van der Waals surface area contributed by atoms with Gasteiger partial charge in [0.05, 0.1) is 17.0 Å². The summed E-state index contributed by atoms with van der Waals surface area (Å²) >= 11 is 9.15. The Morgan fingerprint density at radius 3 is 2.34 bits per heavy atom. The fraction of sp³-hybridized carbons (Fsp3) is 0.333. The van der Waals surface area contributed by atoms with Gasteiger partial charge < -0.3 is 10.2 Å². The van der Waals surface area contributed by atoms with Crippen LogP contribution in [0.2, 0.25) is 5.02 Å². The van der Waals surface area contributed by atoms with Crippen molar-refractivity contribution in [2.45, 2.75) is 26.4 Å². The molecule has 0 spiro atoms. The lowest BCUT2D eigenvalue weighted by Crippen LogP contribution is -2.51. The molecule has 0 bridgehead atoms. The molecule has 1 N–H and O–H groups in total. The van der Waals surface area contributed by atoms with E-state index >= 15 is 0 Å². The lowest BCUT2D eigenvalue weighted by Gasteiger charge is -2.31. The highest BCUT2D eigenvalue weighted by Gasteiger charge is 2.30. The molecule has 7 nitrogen and oxygen atoms in total. The van der Waals surface area contributed by atoms with Crippen molar-refractivity contribution < 1.29 is 22.4 Å². The van der Waals surface area contributed by atoms with Crippen LogP contribution in [0, 0.1) is 5.82 Å². The largest absolute Gasteiger partial charge is 0.355 e. The third kappa shape index (κ3) is 6.91. The average Bonchev–Trinajstić information content (AvgIpc) is 2.72. The molecule has 0 unspecified atom stereocenters. The zero-order chi connectivity index (χ0) is 24.1. The van der Waals surface area contributed by atoms with Gasteiger partial charge >= 0.3 is 0 Å². The first-order valence-electron chi connectivity index (χ1n) is 9.68. The Morgan fingerprint density at radius 1 is 1.19 bits per heavy atom. The molecule has 2 amide bonds. The predicted molar refractivity (Wildman–Crippen MR) is 126 cm³/mol. The van der Waals surface area contributed by atoms with Gasteiger partial charge in [-0.1, -0.05) is 39.7 Å². The molecule has 174 valence electrons. The Morgan fingerprint density at radius 2 is 1.81 bits per heavy atom. The molecule has 0 aliphatic carbocycles. The number of hydrogen-bond donors (Lipinski definition) is 1. The second kappa shape index (κ2) is 11.1. The number of carbonyl (C=O) groups is 2. The van der Waals surface area contributed by atoms with E-state index < -0.39 is 34.3 Å². The second-order valence-corrected chi connectivity index (χ2v) is 10.3. The molecular weight excluding hydrogens is 525 g/mol. The van der Waals surface area contributed by atoms with Crippen LogP contribution in [0.15, 0.2) is 46.9 Å². The van der Waals surface area contributed by atoms with Crippen LogP contribution in [0.25, 0.3) is 0 Å². The van der Waals surface area contributed by atoms with Gasteiger partial charge in [0.25, 0.3) is 0 Å². The van der Waals surface area contributed by atoms with Crippen LogP contribution in [0.5, 0.6) is 0 Å². The van der Waals surface area contributed by atoms with Crippen molar-refractivity contribution in [3.63, 3.8) is 0 Å². The maximum absolute atomic E-state index is 13.6. The highest BCUT2D eigenvalue weighted by Crippen LogP contribution is 2.25. The fourth-order valence-corrected chi connectivity index (χ4v) is 4.23. The quantitative estimate of drug-likeness (QED) is 0.519. The standard InChI is InChI=1S/C21H24BrClFN3O4S/c1-4-25-21(29)14(2)26(12-15-5-7-16(22)8-6-15)20(28)13-27(32(3,30)31)17-9-10-19(24)18(23)11-17/h5-11,14H,4,12-13H2,1-3H3,(H,25,29)/t14-/m0/s1. The van der Waals surface area contributed by atoms with Crippen LogP contribution in [-0.2, 0) is 26.2 Å². The summed E-state index contributed by atoms with van der Waals surface area (Å²) in [4.78, 5) is 27.0. The number of nitrogens with one attached hydrogen (secondary N) is 1. The Kier molecular flexibility index (Phi) is 9.06. The van der Waals surface area contributed by atoms with Crippen molar-refractivity contribution in [2.75, 3.05) is 23.7 Å². The number of rotatable bonds is 9. The summed E-state index contributed by atoms with van der Waals surface area (Å²) in [6.45, 7) is 3.22. The van der Waals surface area contributed by atoms with Gasteiger partial charge in [0.15, 0.2) is 0 Å². The minimum Gasteiger partial charge on any atom is -0.355 e. The van der Waals surface area contributed by atoms with Crippen molar-refractivity contribution >= 4 is 55.1 Å². The van der Waals surface area contributed by atoms with Crippen molar-refractivity contribution in [1.82, 2.24) is 10.2 Å². The molecule has 0 heterocycles. The topological polar surface area (TPSA) is 86.8 Å². The maximum Gasteiger partial charge on any atom is 0.244 e. The van der Waals surface area contributed by atoms with E-state index in [0.29, 0.717) is 6.54 Å².